The van der Waals surface area contributed by atoms with E-state index in [9.17, 15) is 24.2 Å². The Morgan fingerprint density at radius 2 is 1.88 bits per heavy atom. The van der Waals surface area contributed by atoms with Gasteiger partial charge in [-0.25, -0.2) is 0 Å². The van der Waals surface area contributed by atoms with Crippen LogP contribution in [-0.4, -0.2) is 37.7 Å². The van der Waals surface area contributed by atoms with Crippen molar-refractivity contribution in [2.24, 2.45) is 5.92 Å². The summed E-state index contributed by atoms with van der Waals surface area (Å²) < 4.78 is 13.1. The first-order chi connectivity index (χ1) is 12.2. The smallest absolute Gasteiger partial charge is 0.307 e. The fraction of sp³-hybridized carbons (Fsp3) is 0.444. The lowest BCUT2D eigenvalue weighted by molar-refractivity contribution is -0.143. The van der Waals surface area contributed by atoms with Crippen molar-refractivity contribution in [2.45, 2.75) is 44.4 Å². The van der Waals surface area contributed by atoms with E-state index in [-0.39, 0.29) is 25.4 Å². The predicted molar refractivity (Wildman–Crippen MR) is 98.5 cm³/mol. The molecule has 7 nitrogen and oxygen atoms in total. The molecule has 2 aromatic rings. The summed E-state index contributed by atoms with van der Waals surface area (Å²) in [6.07, 6.45) is 0.128. The zero-order chi connectivity index (χ0) is 19.3. The molecule has 142 valence electrons. The number of rotatable bonds is 10. The summed E-state index contributed by atoms with van der Waals surface area (Å²) in [7, 11) is -3.87. The number of carboxylic acid groups (broad SMARTS) is 2. The van der Waals surface area contributed by atoms with Gasteiger partial charge in [0.25, 0.3) is 0 Å². The molecule has 3 unspecified atom stereocenters. The standard InChI is InChI=1S/C18H24NO6P/c1-2-5-16(14(18(22)23)8-9-17(20)21)26(24,25)11-13-10-12-6-3-4-7-15(12)19-13/h3-4,6-7,10,14,16,19H,2,5,8-9,11H2,1H3,(H,20,21)(H,22,23)(H,24,25). The molecule has 0 aliphatic carbocycles. The van der Waals surface area contributed by atoms with Gasteiger partial charge in [-0.2, -0.15) is 0 Å². The topological polar surface area (TPSA) is 128 Å². The molecule has 0 radical (unpaired) electrons. The van der Waals surface area contributed by atoms with Crippen molar-refractivity contribution in [3.05, 3.63) is 36.0 Å². The van der Waals surface area contributed by atoms with Crippen LogP contribution >= 0.6 is 7.37 Å². The maximum absolute atomic E-state index is 13.1. The van der Waals surface area contributed by atoms with Crippen molar-refractivity contribution in [3.63, 3.8) is 0 Å². The molecule has 3 atom stereocenters. The molecule has 26 heavy (non-hydrogen) atoms. The van der Waals surface area contributed by atoms with Gasteiger partial charge in [-0.15, -0.1) is 0 Å². The first-order valence-electron chi connectivity index (χ1n) is 8.57. The Hall–Kier alpha value is -2.11. The van der Waals surface area contributed by atoms with Gasteiger partial charge in [-0.1, -0.05) is 31.5 Å². The summed E-state index contributed by atoms with van der Waals surface area (Å²) in [5.41, 5.74) is 0.437. The molecular formula is C18H24NO6P. The van der Waals surface area contributed by atoms with Crippen molar-refractivity contribution in [2.75, 3.05) is 0 Å². The molecule has 0 aliphatic rings. The van der Waals surface area contributed by atoms with Crippen LogP contribution in [0.1, 0.15) is 38.3 Å². The first kappa shape index (κ1) is 20.2. The van der Waals surface area contributed by atoms with Crippen molar-refractivity contribution in [1.82, 2.24) is 4.98 Å². The number of aliphatic carboxylic acids is 2. The largest absolute Gasteiger partial charge is 0.481 e. The highest BCUT2D eigenvalue weighted by Gasteiger charge is 2.40. The van der Waals surface area contributed by atoms with E-state index < -0.39 is 30.9 Å². The SMILES string of the molecule is CCCC(C(CCC(=O)O)C(=O)O)P(=O)(O)Cc1cc2ccccc2[nH]1. The second kappa shape index (κ2) is 8.52. The molecule has 0 amide bonds. The number of hydrogen-bond acceptors (Lipinski definition) is 3. The number of aromatic amines is 1. The van der Waals surface area contributed by atoms with Crippen LogP contribution in [0.15, 0.2) is 30.3 Å². The molecule has 4 N–H and O–H groups in total. The van der Waals surface area contributed by atoms with Gasteiger partial charge in [0.15, 0.2) is 0 Å². The number of benzene rings is 1. The monoisotopic (exact) mass is 381 g/mol. The van der Waals surface area contributed by atoms with Gasteiger partial charge in [-0.3, -0.25) is 14.2 Å². The quantitative estimate of drug-likeness (QED) is 0.465. The lowest BCUT2D eigenvalue weighted by Crippen LogP contribution is -2.29. The Balaban J connectivity index is 2.27. The van der Waals surface area contributed by atoms with E-state index in [2.05, 4.69) is 4.98 Å². The lowest BCUT2D eigenvalue weighted by atomic mass is 9.96. The summed E-state index contributed by atoms with van der Waals surface area (Å²) in [4.78, 5) is 36.2. The maximum Gasteiger partial charge on any atom is 0.307 e. The van der Waals surface area contributed by atoms with Crippen LogP contribution < -0.4 is 0 Å². The minimum atomic E-state index is -3.87. The van der Waals surface area contributed by atoms with Crippen LogP contribution in [0.3, 0.4) is 0 Å². The van der Waals surface area contributed by atoms with Crippen LogP contribution in [0, 0.1) is 5.92 Å². The van der Waals surface area contributed by atoms with Crippen molar-refractivity contribution < 1.29 is 29.3 Å². The van der Waals surface area contributed by atoms with Crippen LogP contribution in [0.2, 0.25) is 0 Å². The average Bonchev–Trinajstić information content (AvgIpc) is 2.94. The van der Waals surface area contributed by atoms with E-state index in [1.165, 1.54) is 0 Å². The molecule has 0 bridgehead atoms. The van der Waals surface area contributed by atoms with Crippen LogP contribution in [0.5, 0.6) is 0 Å². The normalized spacial score (nSPS) is 16.1. The summed E-state index contributed by atoms with van der Waals surface area (Å²) in [5, 5.41) is 19.3. The number of carbonyl (C=O) groups is 2. The number of fused-ring (bicyclic) bond motifs is 1. The van der Waals surface area contributed by atoms with E-state index >= 15 is 0 Å². The molecule has 1 heterocycles. The first-order valence-corrected chi connectivity index (χ1v) is 10.5. The van der Waals surface area contributed by atoms with E-state index in [0.717, 1.165) is 10.9 Å². The third-order valence-electron chi connectivity index (χ3n) is 4.54. The average molecular weight is 381 g/mol. The highest BCUT2D eigenvalue weighted by molar-refractivity contribution is 7.58. The van der Waals surface area contributed by atoms with Gasteiger partial charge in [0.2, 0.25) is 7.37 Å². The Morgan fingerprint density at radius 1 is 1.19 bits per heavy atom. The minimum Gasteiger partial charge on any atom is -0.481 e. The highest BCUT2D eigenvalue weighted by Crippen LogP contribution is 2.55. The van der Waals surface area contributed by atoms with Gasteiger partial charge in [-0.05, 0) is 30.4 Å². The number of hydrogen-bond donors (Lipinski definition) is 4. The molecule has 0 saturated heterocycles. The predicted octanol–water partition coefficient (Wildman–Crippen LogP) is 3.67. The third-order valence-corrected chi connectivity index (χ3v) is 6.98. The van der Waals surface area contributed by atoms with Crippen LogP contribution in [-0.2, 0) is 20.3 Å². The molecule has 0 saturated carbocycles. The van der Waals surface area contributed by atoms with Crippen LogP contribution in [0.4, 0.5) is 0 Å². The third kappa shape index (κ3) is 4.96. The second-order valence-corrected chi connectivity index (χ2v) is 9.02. The van der Waals surface area contributed by atoms with Gasteiger partial charge in [0.05, 0.1) is 12.1 Å². The lowest BCUT2D eigenvalue weighted by Gasteiger charge is -2.27. The second-order valence-electron chi connectivity index (χ2n) is 6.53. The maximum atomic E-state index is 13.1. The van der Waals surface area contributed by atoms with E-state index in [1.54, 1.807) is 6.07 Å². The van der Waals surface area contributed by atoms with E-state index in [0.29, 0.717) is 12.1 Å². The molecule has 0 aliphatic heterocycles. The van der Waals surface area contributed by atoms with Gasteiger partial charge in [0.1, 0.15) is 0 Å². The Labute approximate surface area is 151 Å². The van der Waals surface area contributed by atoms with E-state index in [1.807, 2.05) is 31.2 Å². The van der Waals surface area contributed by atoms with Crippen molar-refractivity contribution >= 4 is 30.2 Å². The zero-order valence-corrected chi connectivity index (χ0v) is 15.5. The van der Waals surface area contributed by atoms with Gasteiger partial charge >= 0.3 is 11.9 Å². The fourth-order valence-corrected chi connectivity index (χ4v) is 5.71. The summed E-state index contributed by atoms with van der Waals surface area (Å²) in [5.74, 6) is -3.50. The number of H-pyrrole nitrogens is 1. The zero-order valence-electron chi connectivity index (χ0n) is 14.6. The molecule has 1 aromatic carbocycles. The number of aromatic nitrogens is 1. The molecule has 0 spiro atoms. The van der Waals surface area contributed by atoms with Crippen molar-refractivity contribution in [1.29, 1.82) is 0 Å². The molecule has 2 rings (SSSR count). The number of para-hydroxylation sites is 1. The molecule has 8 heteroatoms. The Morgan fingerprint density at radius 3 is 2.46 bits per heavy atom. The summed E-state index contributed by atoms with van der Waals surface area (Å²) in [6, 6.07) is 9.25. The Kier molecular flexibility index (Phi) is 6.62. The molecule has 1 aromatic heterocycles. The fourth-order valence-electron chi connectivity index (χ4n) is 3.32. The molecular weight excluding hydrogens is 357 g/mol. The minimum absolute atomic E-state index is 0.160. The summed E-state index contributed by atoms with van der Waals surface area (Å²) in [6.45, 7) is 1.81. The number of nitrogens with one attached hydrogen (secondary N) is 1. The Bertz CT molecular complexity index is 797. The highest BCUT2D eigenvalue weighted by atomic mass is 31.2. The van der Waals surface area contributed by atoms with Gasteiger partial charge in [0, 0.05) is 23.3 Å². The summed E-state index contributed by atoms with van der Waals surface area (Å²) >= 11 is 0. The van der Waals surface area contributed by atoms with Gasteiger partial charge < -0.3 is 20.1 Å². The van der Waals surface area contributed by atoms with Crippen LogP contribution in [0.25, 0.3) is 10.9 Å². The molecule has 0 fully saturated rings. The van der Waals surface area contributed by atoms with Crippen molar-refractivity contribution in [3.8, 4) is 0 Å². The van der Waals surface area contributed by atoms with E-state index in [4.69, 9.17) is 5.11 Å². The number of carboxylic acids is 2.